The van der Waals surface area contributed by atoms with Crippen molar-refractivity contribution in [3.8, 4) is 0 Å². The molecule has 0 unspecified atom stereocenters. The molecule has 1 heterocycles. The normalized spacial score (nSPS) is 18.0. The van der Waals surface area contributed by atoms with E-state index >= 15 is 0 Å². The molecule has 21 heavy (non-hydrogen) atoms. The van der Waals surface area contributed by atoms with Gasteiger partial charge in [-0.3, -0.25) is 0 Å². The number of nitrogens with one attached hydrogen (secondary N) is 1. The Bertz CT molecular complexity index is 549. The van der Waals surface area contributed by atoms with Crippen molar-refractivity contribution in [2.45, 2.75) is 32.4 Å². The van der Waals surface area contributed by atoms with Crippen LogP contribution in [0.5, 0.6) is 0 Å². The van der Waals surface area contributed by atoms with E-state index in [1.807, 2.05) is 31.2 Å². The minimum atomic E-state index is -3.18. The third-order valence-corrected chi connectivity index (χ3v) is 5.93. The molecule has 0 aromatic heterocycles. The van der Waals surface area contributed by atoms with E-state index in [1.165, 1.54) is 0 Å². The molecule has 4 nitrogen and oxygen atoms in total. The molecule has 1 aliphatic rings. The minimum absolute atomic E-state index is 0.118. The summed E-state index contributed by atoms with van der Waals surface area (Å²) in [5, 5.41) is 3.35. The number of sulfonamides is 1. The van der Waals surface area contributed by atoms with Crippen molar-refractivity contribution in [2.24, 2.45) is 5.92 Å². The third kappa shape index (κ3) is 4.80. The lowest BCUT2D eigenvalue weighted by Gasteiger charge is -2.31. The molecule has 0 aliphatic carbocycles. The molecule has 0 spiro atoms. The van der Waals surface area contributed by atoms with Crippen LogP contribution >= 0.6 is 0 Å². The van der Waals surface area contributed by atoms with Crippen molar-refractivity contribution in [3.05, 3.63) is 35.4 Å². The molecule has 5 heteroatoms. The van der Waals surface area contributed by atoms with Crippen LogP contribution in [0.2, 0.25) is 0 Å². The zero-order valence-corrected chi connectivity index (χ0v) is 13.8. The summed E-state index contributed by atoms with van der Waals surface area (Å²) in [6, 6.07) is 7.75. The SMILES string of the molecule is CCNCC1CCN(S(=O)(=O)Cc2cccc(C)c2)CC1. The maximum absolute atomic E-state index is 12.5. The Morgan fingerprint density at radius 3 is 2.62 bits per heavy atom. The average molecular weight is 310 g/mol. The van der Waals surface area contributed by atoms with Gasteiger partial charge in [-0.25, -0.2) is 12.7 Å². The summed E-state index contributed by atoms with van der Waals surface area (Å²) in [5.41, 5.74) is 1.98. The van der Waals surface area contributed by atoms with Crippen molar-refractivity contribution in [1.82, 2.24) is 9.62 Å². The van der Waals surface area contributed by atoms with Gasteiger partial charge in [0.25, 0.3) is 0 Å². The molecule has 1 aliphatic heterocycles. The zero-order chi connectivity index (χ0) is 15.3. The Labute approximate surface area is 128 Å². The van der Waals surface area contributed by atoms with Crippen LogP contribution in [0.1, 0.15) is 30.9 Å². The lowest BCUT2D eigenvalue weighted by Crippen LogP contribution is -2.41. The summed E-state index contributed by atoms with van der Waals surface area (Å²) < 4.78 is 26.7. The van der Waals surface area contributed by atoms with Crippen LogP contribution < -0.4 is 5.32 Å². The van der Waals surface area contributed by atoms with Crippen molar-refractivity contribution in [1.29, 1.82) is 0 Å². The predicted molar refractivity (Wildman–Crippen MR) is 86.6 cm³/mol. The number of hydrogen-bond donors (Lipinski definition) is 1. The summed E-state index contributed by atoms with van der Waals surface area (Å²) >= 11 is 0. The molecule has 2 rings (SSSR count). The van der Waals surface area contributed by atoms with Gasteiger partial charge in [0.15, 0.2) is 0 Å². The Morgan fingerprint density at radius 2 is 2.00 bits per heavy atom. The fourth-order valence-corrected chi connectivity index (χ4v) is 4.39. The Kier molecular flexibility index (Phi) is 5.79. The van der Waals surface area contributed by atoms with E-state index in [0.29, 0.717) is 19.0 Å². The number of piperidine rings is 1. The van der Waals surface area contributed by atoms with Gasteiger partial charge in [-0.15, -0.1) is 0 Å². The quantitative estimate of drug-likeness (QED) is 0.876. The topological polar surface area (TPSA) is 49.4 Å². The maximum atomic E-state index is 12.5. The monoisotopic (exact) mass is 310 g/mol. The molecule has 0 atom stereocenters. The highest BCUT2D eigenvalue weighted by Gasteiger charge is 2.27. The van der Waals surface area contributed by atoms with Crippen LogP contribution in [0.3, 0.4) is 0 Å². The summed E-state index contributed by atoms with van der Waals surface area (Å²) in [4.78, 5) is 0. The van der Waals surface area contributed by atoms with Gasteiger partial charge in [-0.1, -0.05) is 36.8 Å². The minimum Gasteiger partial charge on any atom is -0.317 e. The largest absolute Gasteiger partial charge is 0.317 e. The molecule has 1 fully saturated rings. The average Bonchev–Trinajstić information content (AvgIpc) is 2.45. The first kappa shape index (κ1) is 16.5. The predicted octanol–water partition coefficient (Wildman–Crippen LogP) is 2.15. The smallest absolute Gasteiger partial charge is 0.218 e. The van der Waals surface area contributed by atoms with E-state index in [4.69, 9.17) is 0 Å². The first-order chi connectivity index (χ1) is 10.0. The van der Waals surface area contributed by atoms with Gasteiger partial charge < -0.3 is 5.32 Å². The molecule has 1 aromatic rings. The lowest BCUT2D eigenvalue weighted by atomic mass is 9.98. The van der Waals surface area contributed by atoms with Crippen LogP contribution in [0.4, 0.5) is 0 Å². The van der Waals surface area contributed by atoms with E-state index in [0.717, 1.165) is 37.1 Å². The van der Waals surface area contributed by atoms with Crippen molar-refractivity contribution >= 4 is 10.0 Å². The number of benzene rings is 1. The molecular formula is C16H26N2O2S. The maximum Gasteiger partial charge on any atom is 0.218 e. The van der Waals surface area contributed by atoms with Crippen LogP contribution in [0.25, 0.3) is 0 Å². The number of aryl methyl sites for hydroxylation is 1. The number of hydrogen-bond acceptors (Lipinski definition) is 3. The molecule has 1 N–H and O–H groups in total. The molecule has 0 bridgehead atoms. The van der Waals surface area contributed by atoms with Crippen LogP contribution in [-0.2, 0) is 15.8 Å². The first-order valence-corrected chi connectivity index (χ1v) is 9.36. The summed E-state index contributed by atoms with van der Waals surface area (Å²) in [6.45, 7) is 7.38. The molecule has 1 aromatic carbocycles. The second-order valence-corrected chi connectivity index (χ2v) is 7.86. The van der Waals surface area contributed by atoms with Gasteiger partial charge in [0.05, 0.1) is 5.75 Å². The number of rotatable bonds is 6. The fraction of sp³-hybridized carbons (Fsp3) is 0.625. The highest BCUT2D eigenvalue weighted by Crippen LogP contribution is 2.21. The summed E-state index contributed by atoms with van der Waals surface area (Å²) in [6.07, 6.45) is 1.92. The van der Waals surface area contributed by atoms with Crippen LogP contribution in [-0.4, -0.2) is 38.9 Å². The van der Waals surface area contributed by atoms with Gasteiger partial charge in [0.2, 0.25) is 10.0 Å². The van der Waals surface area contributed by atoms with Gasteiger partial charge in [0.1, 0.15) is 0 Å². The van der Waals surface area contributed by atoms with Crippen molar-refractivity contribution in [2.75, 3.05) is 26.2 Å². The van der Waals surface area contributed by atoms with Crippen molar-refractivity contribution < 1.29 is 8.42 Å². The van der Waals surface area contributed by atoms with E-state index in [1.54, 1.807) is 4.31 Å². The highest BCUT2D eigenvalue weighted by atomic mass is 32.2. The molecule has 0 amide bonds. The number of nitrogens with zero attached hydrogens (tertiary/aromatic N) is 1. The molecule has 118 valence electrons. The van der Waals surface area contributed by atoms with E-state index in [9.17, 15) is 8.42 Å². The van der Waals surface area contributed by atoms with E-state index < -0.39 is 10.0 Å². The zero-order valence-electron chi connectivity index (χ0n) is 13.0. The second kappa shape index (κ2) is 7.38. The van der Waals surface area contributed by atoms with Crippen LogP contribution in [0.15, 0.2) is 24.3 Å². The van der Waals surface area contributed by atoms with Gasteiger partial charge >= 0.3 is 0 Å². The standard InChI is InChI=1S/C16H26N2O2S/c1-3-17-12-15-7-9-18(10-8-15)21(19,20)13-16-6-4-5-14(2)11-16/h4-6,11,15,17H,3,7-10,12-13H2,1-2H3. The first-order valence-electron chi connectivity index (χ1n) is 7.75. The van der Waals surface area contributed by atoms with E-state index in [2.05, 4.69) is 12.2 Å². The second-order valence-electron chi connectivity index (χ2n) is 5.90. The Hall–Kier alpha value is -0.910. The van der Waals surface area contributed by atoms with Gasteiger partial charge in [0, 0.05) is 13.1 Å². The van der Waals surface area contributed by atoms with E-state index in [-0.39, 0.29) is 5.75 Å². The summed E-state index contributed by atoms with van der Waals surface area (Å²) in [7, 11) is -3.18. The molecule has 0 saturated carbocycles. The molecule has 0 radical (unpaired) electrons. The Morgan fingerprint density at radius 1 is 1.29 bits per heavy atom. The summed E-state index contributed by atoms with van der Waals surface area (Å²) in [5.74, 6) is 0.724. The Balaban J connectivity index is 1.92. The fourth-order valence-electron chi connectivity index (χ4n) is 2.84. The molecule has 1 saturated heterocycles. The lowest BCUT2D eigenvalue weighted by molar-refractivity contribution is 0.268. The van der Waals surface area contributed by atoms with Crippen molar-refractivity contribution in [3.63, 3.8) is 0 Å². The highest BCUT2D eigenvalue weighted by molar-refractivity contribution is 7.88. The van der Waals surface area contributed by atoms with Crippen LogP contribution in [0, 0.1) is 12.8 Å². The van der Waals surface area contributed by atoms with Gasteiger partial charge in [-0.2, -0.15) is 0 Å². The van der Waals surface area contributed by atoms with Gasteiger partial charge in [-0.05, 0) is 44.3 Å². The molecular weight excluding hydrogens is 284 g/mol. The third-order valence-electron chi connectivity index (χ3n) is 4.08.